The Morgan fingerprint density at radius 3 is 2.24 bits per heavy atom. The summed E-state index contributed by atoms with van der Waals surface area (Å²) in [6.07, 6.45) is 0. The number of fused-ring (bicyclic) bond motifs is 1. The maximum atomic E-state index is 12.9. The number of benzene rings is 2. The predicted octanol–water partition coefficient (Wildman–Crippen LogP) is 3.28. The van der Waals surface area contributed by atoms with E-state index in [-0.39, 0.29) is 5.91 Å². The molecule has 0 saturated carbocycles. The summed E-state index contributed by atoms with van der Waals surface area (Å²) in [4.78, 5) is 21.8. The van der Waals surface area contributed by atoms with Gasteiger partial charge in [-0.2, -0.15) is 0 Å². The third-order valence-corrected chi connectivity index (χ3v) is 6.20. The Labute approximate surface area is 173 Å². The largest absolute Gasteiger partial charge is 0.496 e. The molecule has 8 heteroatoms. The van der Waals surface area contributed by atoms with E-state index in [1.807, 2.05) is 35.2 Å². The van der Waals surface area contributed by atoms with Crippen molar-refractivity contribution in [1.29, 1.82) is 0 Å². The number of anilines is 1. The Balaban J connectivity index is 1.52. The molecule has 1 fully saturated rings. The molecule has 3 aromatic rings. The monoisotopic (exact) mass is 413 g/mol. The molecule has 29 heavy (non-hydrogen) atoms. The van der Waals surface area contributed by atoms with Crippen molar-refractivity contribution in [2.45, 2.75) is 0 Å². The number of ether oxygens (including phenoxy) is 3. The SMILES string of the molecule is COc1ccccc1C(=O)N1CCN(c2nc3c(OC)ccc(OC)c3s2)CC1. The number of methoxy groups -OCH3 is 3. The van der Waals surface area contributed by atoms with Gasteiger partial charge in [-0.05, 0) is 24.3 Å². The second kappa shape index (κ2) is 8.16. The zero-order chi connectivity index (χ0) is 20.4. The summed E-state index contributed by atoms with van der Waals surface area (Å²) in [5, 5.41) is 0.909. The van der Waals surface area contributed by atoms with Crippen LogP contribution in [0.15, 0.2) is 36.4 Å². The van der Waals surface area contributed by atoms with E-state index in [1.54, 1.807) is 38.7 Å². The summed E-state index contributed by atoms with van der Waals surface area (Å²) < 4.78 is 17.2. The molecule has 1 saturated heterocycles. The van der Waals surface area contributed by atoms with E-state index in [1.165, 1.54) is 0 Å². The van der Waals surface area contributed by atoms with Gasteiger partial charge in [-0.15, -0.1) is 0 Å². The van der Waals surface area contributed by atoms with Gasteiger partial charge < -0.3 is 24.0 Å². The van der Waals surface area contributed by atoms with E-state index < -0.39 is 0 Å². The minimum atomic E-state index is -0.00487. The molecule has 7 nitrogen and oxygen atoms in total. The number of nitrogens with zero attached hydrogens (tertiary/aromatic N) is 3. The van der Waals surface area contributed by atoms with Gasteiger partial charge in [0.25, 0.3) is 5.91 Å². The van der Waals surface area contributed by atoms with Crippen LogP contribution in [0.2, 0.25) is 0 Å². The van der Waals surface area contributed by atoms with Crippen LogP contribution < -0.4 is 19.1 Å². The van der Waals surface area contributed by atoms with Crippen LogP contribution in [0.5, 0.6) is 17.2 Å². The van der Waals surface area contributed by atoms with Crippen LogP contribution in [-0.2, 0) is 0 Å². The van der Waals surface area contributed by atoms with Gasteiger partial charge in [-0.25, -0.2) is 4.98 Å². The van der Waals surface area contributed by atoms with E-state index in [0.29, 0.717) is 37.5 Å². The summed E-state index contributed by atoms with van der Waals surface area (Å²) in [7, 11) is 4.88. The first-order valence-corrected chi connectivity index (χ1v) is 10.2. The minimum absolute atomic E-state index is 0.00487. The molecule has 0 atom stereocenters. The number of hydrogen-bond donors (Lipinski definition) is 0. The zero-order valence-corrected chi connectivity index (χ0v) is 17.5. The molecule has 1 aliphatic rings. The van der Waals surface area contributed by atoms with Gasteiger partial charge >= 0.3 is 0 Å². The highest BCUT2D eigenvalue weighted by Crippen LogP contribution is 2.40. The van der Waals surface area contributed by atoms with Gasteiger partial charge in [-0.1, -0.05) is 23.5 Å². The number of thiazole rings is 1. The maximum Gasteiger partial charge on any atom is 0.257 e. The molecule has 1 aromatic heterocycles. The quantitative estimate of drug-likeness (QED) is 0.640. The highest BCUT2D eigenvalue weighted by atomic mass is 32.1. The number of hydrogen-bond acceptors (Lipinski definition) is 7. The third-order valence-electron chi connectivity index (χ3n) is 5.07. The normalized spacial score (nSPS) is 14.2. The van der Waals surface area contributed by atoms with E-state index in [0.717, 1.165) is 26.8 Å². The molecular formula is C21H23N3O4S. The first-order valence-electron chi connectivity index (χ1n) is 9.35. The number of carbonyl (C=O) groups is 1. The number of para-hydroxylation sites is 1. The van der Waals surface area contributed by atoms with Crippen LogP contribution in [0.3, 0.4) is 0 Å². The third kappa shape index (κ3) is 3.55. The topological polar surface area (TPSA) is 64.1 Å². The summed E-state index contributed by atoms with van der Waals surface area (Å²) in [5.74, 6) is 2.11. The molecule has 152 valence electrons. The summed E-state index contributed by atoms with van der Waals surface area (Å²) >= 11 is 1.58. The second-order valence-corrected chi connectivity index (χ2v) is 7.60. The van der Waals surface area contributed by atoms with Crippen molar-refractivity contribution in [3.8, 4) is 17.2 Å². The lowest BCUT2D eigenvalue weighted by atomic mass is 10.1. The second-order valence-electron chi connectivity index (χ2n) is 6.62. The average molecular weight is 413 g/mol. The lowest BCUT2D eigenvalue weighted by Gasteiger charge is -2.34. The number of aromatic nitrogens is 1. The highest BCUT2D eigenvalue weighted by Gasteiger charge is 2.26. The first-order chi connectivity index (χ1) is 14.2. The van der Waals surface area contributed by atoms with Gasteiger partial charge in [0.05, 0.1) is 26.9 Å². The molecule has 0 unspecified atom stereocenters. The lowest BCUT2D eigenvalue weighted by molar-refractivity contribution is 0.0743. The van der Waals surface area contributed by atoms with Crippen LogP contribution >= 0.6 is 11.3 Å². The Bertz CT molecular complexity index is 987. The molecule has 0 N–H and O–H groups in total. The van der Waals surface area contributed by atoms with Crippen molar-refractivity contribution in [2.75, 3.05) is 52.4 Å². The number of amides is 1. The van der Waals surface area contributed by atoms with Crippen LogP contribution in [0.25, 0.3) is 10.2 Å². The summed E-state index contributed by atoms with van der Waals surface area (Å²) in [6.45, 7) is 2.68. The summed E-state index contributed by atoms with van der Waals surface area (Å²) in [6, 6.07) is 11.1. The van der Waals surface area contributed by atoms with Crippen LogP contribution in [0, 0.1) is 0 Å². The zero-order valence-electron chi connectivity index (χ0n) is 16.7. The molecule has 2 heterocycles. The summed E-state index contributed by atoms with van der Waals surface area (Å²) in [5.41, 5.74) is 1.40. The standard InChI is InChI=1S/C21H23N3O4S/c1-26-15-7-5-4-6-14(15)20(25)23-10-12-24(13-11-23)21-22-18-16(27-2)8-9-17(28-3)19(18)29-21/h4-9H,10-13H2,1-3H3. The Hall–Kier alpha value is -3.00. The molecule has 1 amide bonds. The fourth-order valence-electron chi connectivity index (χ4n) is 3.50. The van der Waals surface area contributed by atoms with Crippen molar-refractivity contribution < 1.29 is 19.0 Å². The molecule has 4 rings (SSSR count). The van der Waals surface area contributed by atoms with Gasteiger partial charge in [0.15, 0.2) is 5.13 Å². The number of rotatable bonds is 5. The molecule has 0 bridgehead atoms. The van der Waals surface area contributed by atoms with Crippen molar-refractivity contribution >= 4 is 32.6 Å². The van der Waals surface area contributed by atoms with Gasteiger partial charge in [0.2, 0.25) is 0 Å². The molecule has 0 spiro atoms. The van der Waals surface area contributed by atoms with Crippen LogP contribution in [0.1, 0.15) is 10.4 Å². The lowest BCUT2D eigenvalue weighted by Crippen LogP contribution is -2.48. The van der Waals surface area contributed by atoms with Gasteiger partial charge in [0.1, 0.15) is 27.5 Å². The fourth-order valence-corrected chi connectivity index (χ4v) is 4.63. The van der Waals surface area contributed by atoms with E-state index in [9.17, 15) is 4.79 Å². The average Bonchev–Trinajstić information content (AvgIpc) is 3.23. The number of piperazine rings is 1. The predicted molar refractivity (Wildman–Crippen MR) is 114 cm³/mol. The smallest absolute Gasteiger partial charge is 0.257 e. The van der Waals surface area contributed by atoms with Crippen LogP contribution in [0.4, 0.5) is 5.13 Å². The van der Waals surface area contributed by atoms with E-state index in [2.05, 4.69) is 4.90 Å². The van der Waals surface area contributed by atoms with Crippen LogP contribution in [-0.4, -0.2) is 63.3 Å². The van der Waals surface area contributed by atoms with Crippen molar-refractivity contribution in [1.82, 2.24) is 9.88 Å². The van der Waals surface area contributed by atoms with Gasteiger partial charge in [-0.3, -0.25) is 4.79 Å². The fraction of sp³-hybridized carbons (Fsp3) is 0.333. The van der Waals surface area contributed by atoms with Crippen molar-refractivity contribution in [2.24, 2.45) is 0 Å². The molecule has 2 aromatic carbocycles. The molecule has 0 radical (unpaired) electrons. The molecular weight excluding hydrogens is 390 g/mol. The molecule has 0 aliphatic carbocycles. The minimum Gasteiger partial charge on any atom is -0.496 e. The molecule has 1 aliphatic heterocycles. The highest BCUT2D eigenvalue weighted by molar-refractivity contribution is 7.22. The Kier molecular flexibility index (Phi) is 5.44. The first kappa shape index (κ1) is 19.3. The van der Waals surface area contributed by atoms with Gasteiger partial charge in [0, 0.05) is 26.2 Å². The van der Waals surface area contributed by atoms with Crippen molar-refractivity contribution in [3.63, 3.8) is 0 Å². The van der Waals surface area contributed by atoms with E-state index in [4.69, 9.17) is 19.2 Å². The Morgan fingerprint density at radius 1 is 0.897 bits per heavy atom. The van der Waals surface area contributed by atoms with E-state index >= 15 is 0 Å². The number of carbonyl (C=O) groups excluding carboxylic acids is 1. The maximum absolute atomic E-state index is 12.9. The Morgan fingerprint density at radius 2 is 1.55 bits per heavy atom. The van der Waals surface area contributed by atoms with Crippen molar-refractivity contribution in [3.05, 3.63) is 42.0 Å².